The van der Waals surface area contributed by atoms with Crippen molar-refractivity contribution in [3.05, 3.63) is 48.3 Å². The van der Waals surface area contributed by atoms with E-state index < -0.39 is 0 Å². The second kappa shape index (κ2) is 6.70. The molecule has 5 heteroatoms. The van der Waals surface area contributed by atoms with Crippen LogP contribution in [0.5, 0.6) is 0 Å². The number of carbonyl (C=O) groups excluding carboxylic acids is 1. The lowest BCUT2D eigenvalue weighted by molar-refractivity contribution is 0.0794. The molecule has 0 N–H and O–H groups in total. The number of halogens is 1. The van der Waals surface area contributed by atoms with Crippen molar-refractivity contribution in [3.8, 4) is 5.69 Å². The first-order valence-corrected chi connectivity index (χ1v) is 7.49. The van der Waals surface area contributed by atoms with Crippen LogP contribution in [0.25, 0.3) is 5.69 Å². The predicted molar refractivity (Wildman–Crippen MR) is 83.5 cm³/mol. The first kappa shape index (κ1) is 14.8. The number of alkyl halides is 1. The van der Waals surface area contributed by atoms with Crippen molar-refractivity contribution in [2.75, 3.05) is 13.6 Å². The molecule has 0 saturated heterocycles. The van der Waals surface area contributed by atoms with Gasteiger partial charge in [0.1, 0.15) is 0 Å². The number of amides is 1. The van der Waals surface area contributed by atoms with Gasteiger partial charge in [0.05, 0.1) is 17.4 Å². The van der Waals surface area contributed by atoms with Crippen molar-refractivity contribution >= 4 is 21.8 Å². The maximum atomic E-state index is 12.3. The Morgan fingerprint density at radius 3 is 2.75 bits per heavy atom. The van der Waals surface area contributed by atoms with Crippen molar-refractivity contribution in [2.24, 2.45) is 0 Å². The fourth-order valence-corrected chi connectivity index (χ4v) is 2.05. The number of benzene rings is 1. The smallest absolute Gasteiger partial charge is 0.256 e. The minimum absolute atomic E-state index is 0.000307. The van der Waals surface area contributed by atoms with Crippen LogP contribution in [-0.2, 0) is 0 Å². The van der Waals surface area contributed by atoms with E-state index in [4.69, 9.17) is 0 Å². The zero-order valence-corrected chi connectivity index (χ0v) is 13.2. The van der Waals surface area contributed by atoms with E-state index in [9.17, 15) is 4.79 Å². The SMILES string of the molecule is CC(Br)CCN(C)C(=O)c1cnn(-c2ccccc2)c1. The summed E-state index contributed by atoms with van der Waals surface area (Å²) in [5, 5.41) is 4.25. The van der Waals surface area contributed by atoms with Gasteiger partial charge in [-0.1, -0.05) is 41.1 Å². The molecule has 0 saturated carbocycles. The molecule has 0 spiro atoms. The summed E-state index contributed by atoms with van der Waals surface area (Å²) in [5.74, 6) is 0.000307. The predicted octanol–water partition coefficient (Wildman–Crippen LogP) is 3.12. The van der Waals surface area contributed by atoms with Crippen molar-refractivity contribution in [2.45, 2.75) is 18.2 Å². The summed E-state index contributed by atoms with van der Waals surface area (Å²) in [6.45, 7) is 2.80. The lowest BCUT2D eigenvalue weighted by Gasteiger charge is -2.16. The topological polar surface area (TPSA) is 38.1 Å². The Morgan fingerprint density at radius 1 is 1.40 bits per heavy atom. The van der Waals surface area contributed by atoms with Crippen LogP contribution in [0.3, 0.4) is 0 Å². The molecular weight excluding hydrogens is 318 g/mol. The van der Waals surface area contributed by atoms with Gasteiger partial charge in [-0.25, -0.2) is 4.68 Å². The number of rotatable bonds is 5. The Balaban J connectivity index is 2.07. The van der Waals surface area contributed by atoms with Gasteiger partial charge in [0, 0.05) is 24.6 Å². The molecule has 0 fully saturated rings. The maximum Gasteiger partial charge on any atom is 0.256 e. The Morgan fingerprint density at radius 2 is 2.10 bits per heavy atom. The third kappa shape index (κ3) is 3.70. The highest BCUT2D eigenvalue weighted by molar-refractivity contribution is 9.09. The highest BCUT2D eigenvalue weighted by Gasteiger charge is 2.14. The molecule has 1 aromatic carbocycles. The Kier molecular flexibility index (Phi) is 4.95. The van der Waals surface area contributed by atoms with Gasteiger partial charge in [0.15, 0.2) is 0 Å². The Bertz CT molecular complexity index is 566. The molecule has 1 aromatic heterocycles. The quantitative estimate of drug-likeness (QED) is 0.787. The number of hydrogen-bond acceptors (Lipinski definition) is 2. The van der Waals surface area contributed by atoms with E-state index in [2.05, 4.69) is 28.0 Å². The zero-order chi connectivity index (χ0) is 14.5. The van der Waals surface area contributed by atoms with Crippen LogP contribution in [0.15, 0.2) is 42.7 Å². The highest BCUT2D eigenvalue weighted by Crippen LogP contribution is 2.10. The van der Waals surface area contributed by atoms with Gasteiger partial charge in [-0.15, -0.1) is 0 Å². The van der Waals surface area contributed by atoms with Crippen molar-refractivity contribution in [1.29, 1.82) is 0 Å². The standard InChI is InChI=1S/C15H18BrN3O/c1-12(16)8-9-18(2)15(20)13-10-17-19(11-13)14-6-4-3-5-7-14/h3-7,10-12H,8-9H2,1-2H3. The summed E-state index contributed by atoms with van der Waals surface area (Å²) in [7, 11) is 1.82. The van der Waals surface area contributed by atoms with Gasteiger partial charge in [-0.3, -0.25) is 4.79 Å². The molecule has 0 aliphatic carbocycles. The van der Waals surface area contributed by atoms with Crippen LogP contribution < -0.4 is 0 Å². The number of carbonyl (C=O) groups is 1. The van der Waals surface area contributed by atoms with E-state index in [1.165, 1.54) is 0 Å². The minimum Gasteiger partial charge on any atom is -0.342 e. The third-order valence-corrected chi connectivity index (χ3v) is 3.52. The van der Waals surface area contributed by atoms with E-state index in [0.717, 1.165) is 18.7 Å². The first-order chi connectivity index (χ1) is 9.58. The lowest BCUT2D eigenvalue weighted by atomic mass is 10.2. The first-order valence-electron chi connectivity index (χ1n) is 6.57. The zero-order valence-electron chi connectivity index (χ0n) is 11.7. The maximum absolute atomic E-state index is 12.3. The van der Waals surface area contributed by atoms with Gasteiger partial charge < -0.3 is 4.90 Å². The summed E-state index contributed by atoms with van der Waals surface area (Å²) in [6.07, 6.45) is 4.31. The molecule has 4 nitrogen and oxygen atoms in total. The van der Waals surface area contributed by atoms with Crippen molar-refractivity contribution < 1.29 is 4.79 Å². The Labute approximate surface area is 127 Å². The lowest BCUT2D eigenvalue weighted by Crippen LogP contribution is -2.28. The fraction of sp³-hybridized carbons (Fsp3) is 0.333. The van der Waals surface area contributed by atoms with Gasteiger partial charge >= 0.3 is 0 Å². The number of hydrogen-bond donors (Lipinski definition) is 0. The molecule has 0 radical (unpaired) electrons. The average molecular weight is 336 g/mol. The van der Waals surface area contributed by atoms with Gasteiger partial charge in [-0.2, -0.15) is 5.10 Å². The molecule has 106 valence electrons. The van der Waals surface area contributed by atoms with Crippen LogP contribution in [0, 0.1) is 0 Å². The van der Waals surface area contributed by atoms with E-state index in [-0.39, 0.29) is 5.91 Å². The van der Waals surface area contributed by atoms with Gasteiger partial charge in [0.25, 0.3) is 5.91 Å². The number of para-hydroxylation sites is 1. The molecule has 1 amide bonds. The molecule has 1 atom stereocenters. The third-order valence-electron chi connectivity index (χ3n) is 3.06. The van der Waals surface area contributed by atoms with Crippen LogP contribution in [0.1, 0.15) is 23.7 Å². The average Bonchev–Trinajstić information content (AvgIpc) is 2.94. The number of nitrogens with zero attached hydrogens (tertiary/aromatic N) is 3. The summed E-state index contributed by atoms with van der Waals surface area (Å²) in [5.41, 5.74) is 1.56. The van der Waals surface area contributed by atoms with Crippen molar-refractivity contribution in [3.63, 3.8) is 0 Å². The molecule has 2 rings (SSSR count). The largest absolute Gasteiger partial charge is 0.342 e. The molecule has 1 unspecified atom stereocenters. The van der Waals surface area contributed by atoms with Crippen molar-refractivity contribution in [1.82, 2.24) is 14.7 Å². The molecule has 0 aliphatic heterocycles. The normalized spacial score (nSPS) is 12.2. The van der Waals surface area contributed by atoms with Crippen LogP contribution in [-0.4, -0.2) is 39.0 Å². The van der Waals surface area contributed by atoms with Gasteiger partial charge in [0.2, 0.25) is 0 Å². The second-order valence-electron chi connectivity index (χ2n) is 4.81. The van der Waals surface area contributed by atoms with Gasteiger partial charge in [-0.05, 0) is 18.6 Å². The monoisotopic (exact) mass is 335 g/mol. The fourth-order valence-electron chi connectivity index (χ4n) is 1.85. The highest BCUT2D eigenvalue weighted by atomic mass is 79.9. The summed E-state index contributed by atoms with van der Waals surface area (Å²) < 4.78 is 1.72. The van der Waals surface area contributed by atoms with E-state index in [1.54, 1.807) is 22.0 Å². The molecular formula is C15H18BrN3O. The van der Waals surface area contributed by atoms with Crippen LogP contribution >= 0.6 is 15.9 Å². The number of aromatic nitrogens is 2. The summed E-state index contributed by atoms with van der Waals surface area (Å²) in [4.78, 5) is 14.4. The molecule has 2 aromatic rings. The van der Waals surface area contributed by atoms with Crippen LogP contribution in [0.2, 0.25) is 0 Å². The minimum atomic E-state index is 0.000307. The molecule has 0 aliphatic rings. The molecule has 0 bridgehead atoms. The van der Waals surface area contributed by atoms with E-state index >= 15 is 0 Å². The summed E-state index contributed by atoms with van der Waals surface area (Å²) >= 11 is 3.49. The summed E-state index contributed by atoms with van der Waals surface area (Å²) in [6, 6.07) is 9.76. The second-order valence-corrected chi connectivity index (χ2v) is 6.37. The van der Waals surface area contributed by atoms with E-state index in [0.29, 0.717) is 10.4 Å². The Hall–Kier alpha value is -1.62. The molecule has 1 heterocycles. The van der Waals surface area contributed by atoms with Crippen LogP contribution in [0.4, 0.5) is 0 Å². The van der Waals surface area contributed by atoms with E-state index in [1.807, 2.05) is 37.4 Å². The molecule has 20 heavy (non-hydrogen) atoms.